The van der Waals surface area contributed by atoms with Gasteiger partial charge in [-0.15, -0.1) is 0 Å². The summed E-state index contributed by atoms with van der Waals surface area (Å²) in [6, 6.07) is 3.26. The largest absolute Gasteiger partial charge is 0.477 e. The van der Waals surface area contributed by atoms with Gasteiger partial charge in [-0.05, 0) is 18.1 Å². The molecule has 2 saturated heterocycles. The Labute approximate surface area is 179 Å². The number of rotatable bonds is 6. The fourth-order valence-electron chi connectivity index (χ4n) is 3.66. The van der Waals surface area contributed by atoms with Crippen LogP contribution in [0.4, 0.5) is 13.2 Å². The summed E-state index contributed by atoms with van der Waals surface area (Å²) >= 11 is 0. The highest BCUT2D eigenvalue weighted by molar-refractivity contribution is 7.91. The van der Waals surface area contributed by atoms with Crippen LogP contribution in [-0.2, 0) is 26.6 Å². The van der Waals surface area contributed by atoms with Gasteiger partial charge in [0.05, 0.1) is 24.0 Å². The molecule has 2 N–H and O–H groups in total. The molecule has 176 valence electrons. The Morgan fingerprint density at radius 2 is 1.87 bits per heavy atom. The summed E-state index contributed by atoms with van der Waals surface area (Å²) in [5.74, 6) is -3.06. The van der Waals surface area contributed by atoms with E-state index in [9.17, 15) is 30.0 Å². The number of sulfone groups is 1. The van der Waals surface area contributed by atoms with Crippen LogP contribution in [-0.4, -0.2) is 80.9 Å². The molecule has 0 amide bonds. The Morgan fingerprint density at radius 3 is 2.48 bits per heavy atom. The average molecular weight is 487 g/mol. The Hall–Kier alpha value is -1.48. The second-order valence-electron chi connectivity index (χ2n) is 7.73. The molecule has 0 spiro atoms. The lowest BCUT2D eigenvalue weighted by Gasteiger charge is -2.40. The Bertz CT molecular complexity index is 974. The predicted octanol–water partition coefficient (Wildman–Crippen LogP) is 0.395. The SMILES string of the molecule is NCc1ccnc(OC[C@@H]2C[C@H](C(F)(F)F)CN(S(=O)(=O)N3CCS(=O)(=O)CC3)C2)c1. The van der Waals surface area contributed by atoms with Crippen LogP contribution in [0.3, 0.4) is 0 Å². The van der Waals surface area contributed by atoms with Crippen molar-refractivity contribution >= 4 is 20.0 Å². The van der Waals surface area contributed by atoms with Gasteiger partial charge in [-0.2, -0.15) is 30.2 Å². The van der Waals surface area contributed by atoms with Crippen molar-refractivity contribution in [2.75, 3.05) is 44.3 Å². The molecule has 0 aromatic carbocycles. The van der Waals surface area contributed by atoms with E-state index in [1.54, 1.807) is 12.1 Å². The van der Waals surface area contributed by atoms with E-state index in [2.05, 4.69) is 4.98 Å². The molecule has 2 aliphatic heterocycles. The van der Waals surface area contributed by atoms with Crippen LogP contribution in [0.2, 0.25) is 0 Å². The third kappa shape index (κ3) is 6.06. The van der Waals surface area contributed by atoms with E-state index in [1.165, 1.54) is 6.20 Å². The van der Waals surface area contributed by atoms with Gasteiger partial charge >= 0.3 is 6.18 Å². The summed E-state index contributed by atoms with van der Waals surface area (Å²) in [4.78, 5) is 4.00. The molecule has 1 aromatic heterocycles. The molecule has 0 radical (unpaired) electrons. The first-order valence-corrected chi connectivity index (χ1v) is 12.9. The molecule has 31 heavy (non-hydrogen) atoms. The van der Waals surface area contributed by atoms with Gasteiger partial charge in [0, 0.05) is 50.9 Å². The zero-order valence-electron chi connectivity index (χ0n) is 16.7. The topological polar surface area (TPSA) is 123 Å². The summed E-state index contributed by atoms with van der Waals surface area (Å²) in [5.41, 5.74) is 6.30. The van der Waals surface area contributed by atoms with Crippen LogP contribution >= 0.6 is 0 Å². The van der Waals surface area contributed by atoms with Crippen molar-refractivity contribution in [2.45, 2.75) is 19.1 Å². The minimum absolute atomic E-state index is 0.145. The van der Waals surface area contributed by atoms with Gasteiger partial charge in [0.1, 0.15) is 0 Å². The molecule has 0 aliphatic carbocycles. The van der Waals surface area contributed by atoms with Gasteiger partial charge in [-0.25, -0.2) is 13.4 Å². The number of piperidine rings is 1. The summed E-state index contributed by atoms with van der Waals surface area (Å²) in [6.45, 7) is -1.30. The molecular formula is C17H25F3N4O5S2. The minimum Gasteiger partial charge on any atom is -0.477 e. The second-order valence-corrected chi connectivity index (χ2v) is 12.0. The number of hydrogen-bond acceptors (Lipinski definition) is 7. The van der Waals surface area contributed by atoms with Gasteiger partial charge in [0.15, 0.2) is 9.84 Å². The van der Waals surface area contributed by atoms with Crippen molar-refractivity contribution in [1.82, 2.24) is 13.6 Å². The number of ether oxygens (including phenoxy) is 1. The van der Waals surface area contributed by atoms with E-state index in [0.717, 1.165) is 14.2 Å². The molecule has 0 saturated carbocycles. The van der Waals surface area contributed by atoms with Crippen LogP contribution in [0, 0.1) is 11.8 Å². The molecule has 2 aliphatic rings. The maximum Gasteiger partial charge on any atom is 0.393 e. The lowest BCUT2D eigenvalue weighted by atomic mass is 9.90. The molecule has 14 heteroatoms. The number of alkyl halides is 3. The van der Waals surface area contributed by atoms with Crippen molar-refractivity contribution in [2.24, 2.45) is 17.6 Å². The van der Waals surface area contributed by atoms with Crippen LogP contribution in [0.5, 0.6) is 5.88 Å². The summed E-state index contributed by atoms with van der Waals surface area (Å²) in [7, 11) is -7.58. The summed E-state index contributed by atoms with van der Waals surface area (Å²) in [5, 5.41) is 0. The predicted molar refractivity (Wildman–Crippen MR) is 106 cm³/mol. The molecule has 2 fully saturated rings. The molecule has 3 heterocycles. The number of aromatic nitrogens is 1. The first kappa shape index (κ1) is 24.2. The maximum absolute atomic E-state index is 13.5. The third-order valence-corrected chi connectivity index (χ3v) is 9.00. The Balaban J connectivity index is 1.74. The highest BCUT2D eigenvalue weighted by Crippen LogP contribution is 2.37. The van der Waals surface area contributed by atoms with E-state index < -0.39 is 44.6 Å². The van der Waals surface area contributed by atoms with Crippen molar-refractivity contribution < 1.29 is 34.7 Å². The first-order chi connectivity index (χ1) is 14.4. The normalized spacial score (nSPS) is 25.9. The Morgan fingerprint density at radius 1 is 1.19 bits per heavy atom. The molecule has 1 aromatic rings. The third-order valence-electron chi connectivity index (χ3n) is 5.42. The Kier molecular flexibility index (Phi) is 7.15. The number of halogens is 3. The smallest absolute Gasteiger partial charge is 0.393 e. The van der Waals surface area contributed by atoms with E-state index in [-0.39, 0.29) is 56.6 Å². The molecular weight excluding hydrogens is 461 g/mol. The summed E-state index contributed by atoms with van der Waals surface area (Å²) in [6.07, 6.45) is -3.38. The highest BCUT2D eigenvalue weighted by Gasteiger charge is 2.48. The van der Waals surface area contributed by atoms with Crippen molar-refractivity contribution in [1.29, 1.82) is 0 Å². The summed E-state index contributed by atoms with van der Waals surface area (Å²) < 4.78 is 96.8. The lowest BCUT2D eigenvalue weighted by molar-refractivity contribution is -0.188. The molecule has 0 bridgehead atoms. The standard InChI is InChI=1S/C17H25F3N4O5S2/c18-17(19,20)15-7-14(12-29-16-8-13(9-21)1-2-22-16)10-24(11-15)31(27,28)23-3-5-30(25,26)6-4-23/h1-2,8,14-15H,3-7,9-12,21H2/t14-,15+/m1/s1. The average Bonchev–Trinajstić information content (AvgIpc) is 2.71. The monoisotopic (exact) mass is 486 g/mol. The van der Waals surface area contributed by atoms with Crippen LogP contribution in [0.25, 0.3) is 0 Å². The molecule has 9 nitrogen and oxygen atoms in total. The van der Waals surface area contributed by atoms with Crippen molar-refractivity contribution in [3.05, 3.63) is 23.9 Å². The number of pyridine rings is 1. The van der Waals surface area contributed by atoms with Crippen LogP contribution in [0.15, 0.2) is 18.3 Å². The highest BCUT2D eigenvalue weighted by atomic mass is 32.2. The maximum atomic E-state index is 13.5. The van der Waals surface area contributed by atoms with E-state index in [4.69, 9.17) is 10.5 Å². The van der Waals surface area contributed by atoms with E-state index in [1.807, 2.05) is 0 Å². The van der Waals surface area contributed by atoms with Crippen molar-refractivity contribution in [3.8, 4) is 5.88 Å². The quantitative estimate of drug-likeness (QED) is 0.617. The van der Waals surface area contributed by atoms with Gasteiger partial charge in [-0.3, -0.25) is 0 Å². The first-order valence-electron chi connectivity index (χ1n) is 9.71. The van der Waals surface area contributed by atoms with Crippen LogP contribution in [0.1, 0.15) is 12.0 Å². The van der Waals surface area contributed by atoms with Gasteiger partial charge in [0.2, 0.25) is 5.88 Å². The molecule has 0 unspecified atom stereocenters. The van der Waals surface area contributed by atoms with Crippen LogP contribution < -0.4 is 10.5 Å². The number of nitrogens with zero attached hydrogens (tertiary/aromatic N) is 3. The fourth-order valence-corrected chi connectivity index (χ4v) is 6.83. The van der Waals surface area contributed by atoms with E-state index >= 15 is 0 Å². The zero-order chi connectivity index (χ0) is 22.9. The zero-order valence-corrected chi connectivity index (χ0v) is 18.3. The van der Waals surface area contributed by atoms with Crippen molar-refractivity contribution in [3.63, 3.8) is 0 Å². The second kappa shape index (κ2) is 9.17. The number of hydrogen-bond donors (Lipinski definition) is 1. The van der Waals surface area contributed by atoms with E-state index in [0.29, 0.717) is 0 Å². The van der Waals surface area contributed by atoms with Gasteiger partial charge in [-0.1, -0.05) is 0 Å². The lowest BCUT2D eigenvalue weighted by Crippen LogP contribution is -2.55. The van der Waals surface area contributed by atoms with Gasteiger partial charge < -0.3 is 10.5 Å². The number of nitrogens with two attached hydrogens (primary N) is 1. The molecule has 3 rings (SSSR count). The fraction of sp³-hybridized carbons (Fsp3) is 0.706. The molecule has 2 atom stereocenters. The minimum atomic E-state index is -4.57. The van der Waals surface area contributed by atoms with Gasteiger partial charge in [0.25, 0.3) is 10.2 Å².